The molecule has 1 atom stereocenters. The van der Waals surface area contributed by atoms with Crippen LogP contribution in [0.3, 0.4) is 0 Å². The lowest BCUT2D eigenvalue weighted by Crippen LogP contribution is -2.37. The number of nitrogens with zero attached hydrogens (tertiary/aromatic N) is 2. The SMILES string of the molecule is CN(C)CCN(C)C(=O)CC(N)C1CC1. The zero-order valence-electron chi connectivity index (χ0n) is 10.1. The second-order valence-electron chi connectivity index (χ2n) is 4.82. The minimum atomic E-state index is 0.0827. The van der Waals surface area contributed by atoms with Gasteiger partial charge in [-0.25, -0.2) is 0 Å². The molecule has 0 bridgehead atoms. The molecular formula is C11H23N3O. The predicted octanol–water partition coefficient (Wildman–Crippen LogP) is 0.134. The van der Waals surface area contributed by atoms with Crippen LogP contribution in [0.5, 0.6) is 0 Å². The third-order valence-electron chi connectivity index (χ3n) is 2.95. The van der Waals surface area contributed by atoms with Crippen molar-refractivity contribution in [1.82, 2.24) is 9.80 Å². The topological polar surface area (TPSA) is 49.6 Å². The van der Waals surface area contributed by atoms with Crippen molar-refractivity contribution in [3.05, 3.63) is 0 Å². The zero-order chi connectivity index (χ0) is 11.4. The van der Waals surface area contributed by atoms with Gasteiger partial charge in [-0.1, -0.05) is 0 Å². The summed E-state index contributed by atoms with van der Waals surface area (Å²) in [5.74, 6) is 0.785. The highest BCUT2D eigenvalue weighted by Gasteiger charge is 2.30. The Morgan fingerprint density at radius 2 is 1.93 bits per heavy atom. The first kappa shape index (κ1) is 12.5. The molecule has 0 radical (unpaired) electrons. The van der Waals surface area contributed by atoms with Crippen LogP contribution in [-0.2, 0) is 4.79 Å². The molecule has 0 aromatic rings. The van der Waals surface area contributed by atoms with Gasteiger partial charge in [0, 0.05) is 32.6 Å². The Hall–Kier alpha value is -0.610. The number of amides is 1. The molecule has 1 amide bonds. The van der Waals surface area contributed by atoms with E-state index < -0.39 is 0 Å². The highest BCUT2D eigenvalue weighted by atomic mass is 16.2. The van der Waals surface area contributed by atoms with E-state index in [1.165, 1.54) is 12.8 Å². The van der Waals surface area contributed by atoms with Crippen LogP contribution in [-0.4, -0.2) is 56.0 Å². The summed E-state index contributed by atoms with van der Waals surface area (Å²) in [6, 6.07) is 0.0827. The van der Waals surface area contributed by atoms with Gasteiger partial charge < -0.3 is 15.5 Å². The summed E-state index contributed by atoms with van der Waals surface area (Å²) >= 11 is 0. The first-order chi connectivity index (χ1) is 7.00. The number of carbonyl (C=O) groups excluding carboxylic acids is 1. The van der Waals surface area contributed by atoms with E-state index in [9.17, 15) is 4.79 Å². The normalized spacial score (nSPS) is 17.9. The van der Waals surface area contributed by atoms with E-state index in [0.717, 1.165) is 13.1 Å². The fourth-order valence-electron chi connectivity index (χ4n) is 1.52. The smallest absolute Gasteiger partial charge is 0.223 e. The number of likely N-dealkylation sites (N-methyl/N-ethyl adjacent to an activating group) is 2. The fraction of sp³-hybridized carbons (Fsp3) is 0.909. The van der Waals surface area contributed by atoms with Crippen molar-refractivity contribution in [1.29, 1.82) is 0 Å². The van der Waals surface area contributed by atoms with E-state index in [1.807, 2.05) is 21.1 Å². The molecule has 0 aromatic carbocycles. The maximum atomic E-state index is 11.7. The van der Waals surface area contributed by atoms with Crippen LogP contribution in [0, 0.1) is 5.92 Å². The highest BCUT2D eigenvalue weighted by molar-refractivity contribution is 5.76. The zero-order valence-corrected chi connectivity index (χ0v) is 10.1. The minimum absolute atomic E-state index is 0.0827. The molecule has 15 heavy (non-hydrogen) atoms. The lowest BCUT2D eigenvalue weighted by atomic mass is 10.1. The molecule has 0 aliphatic heterocycles. The molecule has 4 heteroatoms. The van der Waals surface area contributed by atoms with Crippen molar-refractivity contribution in [2.24, 2.45) is 11.7 Å². The van der Waals surface area contributed by atoms with Gasteiger partial charge in [0.1, 0.15) is 0 Å². The third kappa shape index (κ3) is 4.62. The van der Waals surface area contributed by atoms with Crippen LogP contribution in [0.25, 0.3) is 0 Å². The Morgan fingerprint density at radius 3 is 2.40 bits per heavy atom. The van der Waals surface area contributed by atoms with Crippen LogP contribution < -0.4 is 5.73 Å². The highest BCUT2D eigenvalue weighted by Crippen LogP contribution is 2.32. The Bertz CT molecular complexity index is 214. The van der Waals surface area contributed by atoms with Gasteiger partial charge in [0.05, 0.1) is 0 Å². The summed E-state index contributed by atoms with van der Waals surface area (Å²) in [6.45, 7) is 1.68. The molecule has 1 aliphatic carbocycles. The fourth-order valence-corrected chi connectivity index (χ4v) is 1.52. The van der Waals surface area contributed by atoms with Crippen LogP contribution >= 0.6 is 0 Å². The Kier molecular flexibility index (Phi) is 4.54. The largest absolute Gasteiger partial charge is 0.344 e. The summed E-state index contributed by atoms with van der Waals surface area (Å²) in [5, 5.41) is 0. The van der Waals surface area contributed by atoms with E-state index in [2.05, 4.69) is 4.90 Å². The summed E-state index contributed by atoms with van der Waals surface area (Å²) in [6.07, 6.45) is 2.92. The van der Waals surface area contributed by atoms with Crippen LogP contribution in [0.2, 0.25) is 0 Å². The third-order valence-corrected chi connectivity index (χ3v) is 2.95. The monoisotopic (exact) mass is 213 g/mol. The van der Waals surface area contributed by atoms with Gasteiger partial charge in [-0.3, -0.25) is 4.79 Å². The van der Waals surface area contributed by atoms with Crippen molar-refractivity contribution in [3.8, 4) is 0 Å². The van der Waals surface area contributed by atoms with E-state index >= 15 is 0 Å². The minimum Gasteiger partial charge on any atom is -0.344 e. The lowest BCUT2D eigenvalue weighted by Gasteiger charge is -2.21. The number of hydrogen-bond donors (Lipinski definition) is 1. The maximum absolute atomic E-state index is 11.7. The van der Waals surface area contributed by atoms with Crippen LogP contribution in [0.15, 0.2) is 0 Å². The molecule has 1 fully saturated rings. The molecule has 4 nitrogen and oxygen atoms in total. The molecule has 0 aromatic heterocycles. The van der Waals surface area contributed by atoms with Crippen molar-refractivity contribution < 1.29 is 4.79 Å². The number of nitrogens with two attached hydrogens (primary N) is 1. The van der Waals surface area contributed by atoms with Gasteiger partial charge in [-0.05, 0) is 32.9 Å². The number of rotatable bonds is 6. The van der Waals surface area contributed by atoms with E-state index in [0.29, 0.717) is 12.3 Å². The first-order valence-corrected chi connectivity index (χ1v) is 5.65. The maximum Gasteiger partial charge on any atom is 0.223 e. The van der Waals surface area contributed by atoms with Crippen LogP contribution in [0.4, 0.5) is 0 Å². The second-order valence-corrected chi connectivity index (χ2v) is 4.82. The molecule has 1 saturated carbocycles. The van der Waals surface area contributed by atoms with Crippen LogP contribution in [0.1, 0.15) is 19.3 Å². The van der Waals surface area contributed by atoms with E-state index in [-0.39, 0.29) is 11.9 Å². The Morgan fingerprint density at radius 1 is 1.33 bits per heavy atom. The van der Waals surface area contributed by atoms with Gasteiger partial charge in [0.25, 0.3) is 0 Å². The average Bonchev–Trinajstić information content (AvgIpc) is 2.96. The summed E-state index contributed by atoms with van der Waals surface area (Å²) in [5.41, 5.74) is 5.92. The average molecular weight is 213 g/mol. The van der Waals surface area contributed by atoms with Gasteiger partial charge in [-0.15, -0.1) is 0 Å². The molecule has 2 N–H and O–H groups in total. The quantitative estimate of drug-likeness (QED) is 0.682. The Labute approximate surface area is 92.4 Å². The van der Waals surface area contributed by atoms with E-state index in [4.69, 9.17) is 5.73 Å². The van der Waals surface area contributed by atoms with Gasteiger partial charge in [0.15, 0.2) is 0 Å². The number of carbonyl (C=O) groups is 1. The van der Waals surface area contributed by atoms with Crippen molar-refractivity contribution >= 4 is 5.91 Å². The molecule has 0 saturated heterocycles. The molecule has 0 spiro atoms. The van der Waals surface area contributed by atoms with Gasteiger partial charge >= 0.3 is 0 Å². The van der Waals surface area contributed by atoms with Crippen molar-refractivity contribution in [3.63, 3.8) is 0 Å². The molecular weight excluding hydrogens is 190 g/mol. The molecule has 88 valence electrons. The van der Waals surface area contributed by atoms with Gasteiger partial charge in [-0.2, -0.15) is 0 Å². The summed E-state index contributed by atoms with van der Waals surface area (Å²) in [4.78, 5) is 15.6. The molecule has 1 unspecified atom stereocenters. The van der Waals surface area contributed by atoms with Gasteiger partial charge in [0.2, 0.25) is 5.91 Å². The van der Waals surface area contributed by atoms with Crippen molar-refractivity contribution in [2.75, 3.05) is 34.2 Å². The molecule has 1 rings (SSSR count). The summed E-state index contributed by atoms with van der Waals surface area (Å²) in [7, 11) is 5.87. The van der Waals surface area contributed by atoms with Crippen molar-refractivity contribution in [2.45, 2.75) is 25.3 Å². The molecule has 0 heterocycles. The second kappa shape index (κ2) is 5.47. The lowest BCUT2D eigenvalue weighted by molar-refractivity contribution is -0.130. The Balaban J connectivity index is 2.19. The van der Waals surface area contributed by atoms with E-state index in [1.54, 1.807) is 4.90 Å². The predicted molar refractivity (Wildman–Crippen MR) is 61.5 cm³/mol. The summed E-state index contributed by atoms with van der Waals surface area (Å²) < 4.78 is 0. The molecule has 1 aliphatic rings. The first-order valence-electron chi connectivity index (χ1n) is 5.65. The number of hydrogen-bond acceptors (Lipinski definition) is 3. The standard InChI is InChI=1S/C11H23N3O/c1-13(2)6-7-14(3)11(15)8-10(12)9-4-5-9/h9-10H,4-8,12H2,1-3H3.